The van der Waals surface area contributed by atoms with Gasteiger partial charge in [0.2, 0.25) is 0 Å². The van der Waals surface area contributed by atoms with Gasteiger partial charge in [0.25, 0.3) is 0 Å². The lowest BCUT2D eigenvalue weighted by atomic mass is 10.2. The van der Waals surface area contributed by atoms with Crippen molar-refractivity contribution in [2.45, 2.75) is 6.54 Å². The normalized spacial score (nSPS) is 16.2. The molecule has 21 heavy (non-hydrogen) atoms. The molecule has 0 bridgehead atoms. The minimum Gasteiger partial charge on any atom is -0.508 e. The quantitative estimate of drug-likeness (QED) is 0.841. The van der Waals surface area contributed by atoms with Crippen molar-refractivity contribution in [2.24, 2.45) is 0 Å². The number of H-pyrrole nitrogens is 1. The maximum atomic E-state index is 9.38. The van der Waals surface area contributed by atoms with Crippen molar-refractivity contribution in [3.05, 3.63) is 29.0 Å². The fraction of sp³-hybridized carbons (Fsp3) is 0.429. The fourth-order valence-corrected chi connectivity index (χ4v) is 2.65. The molecule has 7 heteroatoms. The molecule has 1 aliphatic heterocycles. The summed E-state index contributed by atoms with van der Waals surface area (Å²) < 4.78 is 7.97. The summed E-state index contributed by atoms with van der Waals surface area (Å²) in [6.07, 6.45) is 0. The molecule has 0 unspecified atom stereocenters. The van der Waals surface area contributed by atoms with Crippen LogP contribution >= 0.6 is 12.2 Å². The second-order valence-corrected chi connectivity index (χ2v) is 5.39. The van der Waals surface area contributed by atoms with Gasteiger partial charge in [-0.3, -0.25) is 14.6 Å². The minimum absolute atomic E-state index is 0.243. The third-order valence-corrected chi connectivity index (χ3v) is 3.94. The van der Waals surface area contributed by atoms with Crippen molar-refractivity contribution in [3.8, 4) is 17.1 Å². The number of phenols is 1. The van der Waals surface area contributed by atoms with E-state index in [-0.39, 0.29) is 5.75 Å². The molecular weight excluding hydrogens is 288 g/mol. The summed E-state index contributed by atoms with van der Waals surface area (Å²) in [7, 11) is 0. The van der Waals surface area contributed by atoms with Crippen LogP contribution in [0.3, 0.4) is 0 Å². The van der Waals surface area contributed by atoms with Crippen molar-refractivity contribution in [3.63, 3.8) is 0 Å². The fourth-order valence-electron chi connectivity index (χ4n) is 2.42. The zero-order valence-corrected chi connectivity index (χ0v) is 12.5. The van der Waals surface area contributed by atoms with E-state index in [9.17, 15) is 5.11 Å². The highest BCUT2D eigenvalue weighted by molar-refractivity contribution is 7.71. The van der Waals surface area contributed by atoms with Crippen LogP contribution in [0, 0.1) is 4.77 Å². The molecule has 1 saturated heterocycles. The van der Waals surface area contributed by atoms with Gasteiger partial charge in [-0.2, -0.15) is 5.10 Å². The Labute approximate surface area is 128 Å². The average molecular weight is 306 g/mol. The highest BCUT2D eigenvalue weighted by Crippen LogP contribution is 2.20. The molecule has 1 aromatic carbocycles. The SMILES string of the molecule is Oc1ccc(-c2n[nH]c(=S)n2CCN2CCOCC2)cc1. The van der Waals surface area contributed by atoms with Crippen LogP contribution in [0.25, 0.3) is 11.4 Å². The van der Waals surface area contributed by atoms with E-state index in [1.165, 1.54) is 0 Å². The number of hydrogen-bond donors (Lipinski definition) is 2. The number of aromatic hydroxyl groups is 1. The molecule has 2 N–H and O–H groups in total. The second-order valence-electron chi connectivity index (χ2n) is 5.00. The molecule has 0 radical (unpaired) electrons. The number of aromatic nitrogens is 3. The lowest BCUT2D eigenvalue weighted by Crippen LogP contribution is -2.38. The van der Waals surface area contributed by atoms with Crippen LogP contribution < -0.4 is 0 Å². The Hall–Kier alpha value is -1.70. The first kappa shape index (κ1) is 14.2. The second kappa shape index (κ2) is 6.38. The van der Waals surface area contributed by atoms with Gasteiger partial charge in [-0.1, -0.05) is 0 Å². The first-order valence-electron chi connectivity index (χ1n) is 6.99. The summed E-state index contributed by atoms with van der Waals surface area (Å²) in [5.41, 5.74) is 0.933. The summed E-state index contributed by atoms with van der Waals surface area (Å²) >= 11 is 5.32. The number of ether oxygens (including phenoxy) is 1. The van der Waals surface area contributed by atoms with E-state index in [1.807, 2.05) is 16.7 Å². The average Bonchev–Trinajstić information content (AvgIpc) is 2.88. The molecule has 112 valence electrons. The molecule has 2 aromatic rings. The molecule has 2 heterocycles. The van der Waals surface area contributed by atoms with Crippen molar-refractivity contribution in [1.29, 1.82) is 0 Å². The van der Waals surface area contributed by atoms with E-state index < -0.39 is 0 Å². The van der Waals surface area contributed by atoms with Crippen LogP contribution in [-0.4, -0.2) is 57.6 Å². The number of hydrogen-bond acceptors (Lipinski definition) is 5. The molecule has 0 atom stereocenters. The number of phenolic OH excluding ortho intramolecular Hbond substituents is 1. The van der Waals surface area contributed by atoms with Gasteiger partial charge in [0.1, 0.15) is 5.75 Å². The van der Waals surface area contributed by atoms with E-state index in [1.54, 1.807) is 12.1 Å². The molecule has 1 fully saturated rings. The van der Waals surface area contributed by atoms with Gasteiger partial charge in [-0.15, -0.1) is 0 Å². The van der Waals surface area contributed by atoms with Crippen molar-refractivity contribution >= 4 is 12.2 Å². The minimum atomic E-state index is 0.243. The maximum absolute atomic E-state index is 9.38. The van der Waals surface area contributed by atoms with E-state index in [0.29, 0.717) is 4.77 Å². The van der Waals surface area contributed by atoms with E-state index in [2.05, 4.69) is 15.1 Å². The van der Waals surface area contributed by atoms with Gasteiger partial charge < -0.3 is 9.84 Å². The first-order valence-corrected chi connectivity index (χ1v) is 7.39. The molecule has 0 amide bonds. The smallest absolute Gasteiger partial charge is 0.195 e. The van der Waals surface area contributed by atoms with Crippen LogP contribution in [0.2, 0.25) is 0 Å². The molecule has 3 rings (SSSR count). The zero-order valence-electron chi connectivity index (χ0n) is 11.7. The largest absolute Gasteiger partial charge is 0.508 e. The van der Waals surface area contributed by atoms with Gasteiger partial charge in [-0.25, -0.2) is 0 Å². The number of benzene rings is 1. The zero-order chi connectivity index (χ0) is 14.7. The summed E-state index contributed by atoms with van der Waals surface area (Å²) in [4.78, 5) is 2.36. The van der Waals surface area contributed by atoms with E-state index in [0.717, 1.165) is 50.8 Å². The monoisotopic (exact) mass is 306 g/mol. The molecule has 6 nitrogen and oxygen atoms in total. The van der Waals surface area contributed by atoms with Crippen molar-refractivity contribution in [1.82, 2.24) is 19.7 Å². The van der Waals surface area contributed by atoms with Gasteiger partial charge in [0, 0.05) is 31.7 Å². The number of nitrogens with one attached hydrogen (secondary N) is 1. The lowest BCUT2D eigenvalue weighted by Gasteiger charge is -2.26. The number of rotatable bonds is 4. The van der Waals surface area contributed by atoms with Crippen LogP contribution in [-0.2, 0) is 11.3 Å². The Morgan fingerprint density at radius 1 is 1.19 bits per heavy atom. The van der Waals surface area contributed by atoms with E-state index in [4.69, 9.17) is 17.0 Å². The third-order valence-electron chi connectivity index (χ3n) is 3.63. The van der Waals surface area contributed by atoms with Crippen LogP contribution in [0.1, 0.15) is 0 Å². The standard InChI is InChI=1S/C14H18N4O2S/c19-12-3-1-11(2-4-12)13-15-16-14(21)18(13)6-5-17-7-9-20-10-8-17/h1-4,19H,5-10H2,(H,16,21). The van der Waals surface area contributed by atoms with Gasteiger partial charge in [0.15, 0.2) is 10.6 Å². The molecular formula is C14H18N4O2S. The summed E-state index contributed by atoms with van der Waals surface area (Å²) in [6, 6.07) is 6.98. The summed E-state index contributed by atoms with van der Waals surface area (Å²) in [5.74, 6) is 1.04. The third kappa shape index (κ3) is 3.31. The van der Waals surface area contributed by atoms with Gasteiger partial charge in [-0.05, 0) is 36.5 Å². The molecule has 0 aliphatic carbocycles. The van der Waals surface area contributed by atoms with Crippen molar-refractivity contribution in [2.75, 3.05) is 32.8 Å². The molecule has 1 aromatic heterocycles. The Bertz CT molecular complexity index is 644. The van der Waals surface area contributed by atoms with Gasteiger partial charge >= 0.3 is 0 Å². The van der Waals surface area contributed by atoms with Crippen LogP contribution in [0.4, 0.5) is 0 Å². The highest BCUT2D eigenvalue weighted by Gasteiger charge is 2.13. The Morgan fingerprint density at radius 2 is 1.90 bits per heavy atom. The Kier molecular flexibility index (Phi) is 4.33. The molecule has 0 saturated carbocycles. The number of aromatic amines is 1. The van der Waals surface area contributed by atoms with Gasteiger partial charge in [0.05, 0.1) is 13.2 Å². The predicted octanol–water partition coefficient (Wildman–Crippen LogP) is 1.65. The number of nitrogens with zero attached hydrogens (tertiary/aromatic N) is 3. The lowest BCUT2D eigenvalue weighted by molar-refractivity contribution is 0.0364. The van der Waals surface area contributed by atoms with Crippen LogP contribution in [0.5, 0.6) is 5.75 Å². The highest BCUT2D eigenvalue weighted by atomic mass is 32.1. The Morgan fingerprint density at radius 3 is 2.62 bits per heavy atom. The number of morpholine rings is 1. The van der Waals surface area contributed by atoms with Crippen LogP contribution in [0.15, 0.2) is 24.3 Å². The summed E-state index contributed by atoms with van der Waals surface area (Å²) in [6.45, 7) is 5.20. The summed E-state index contributed by atoms with van der Waals surface area (Å²) in [5, 5.41) is 16.5. The maximum Gasteiger partial charge on any atom is 0.195 e. The topological polar surface area (TPSA) is 66.3 Å². The Balaban J connectivity index is 1.77. The molecule has 1 aliphatic rings. The van der Waals surface area contributed by atoms with E-state index >= 15 is 0 Å². The predicted molar refractivity (Wildman–Crippen MR) is 81.8 cm³/mol. The molecule has 0 spiro atoms. The van der Waals surface area contributed by atoms with Crippen molar-refractivity contribution < 1.29 is 9.84 Å². The first-order chi connectivity index (χ1) is 10.2.